The zero-order valence-electron chi connectivity index (χ0n) is 22.6. The second kappa shape index (κ2) is 22.0. The summed E-state index contributed by atoms with van der Waals surface area (Å²) in [7, 11) is 0. The van der Waals surface area contributed by atoms with Crippen molar-refractivity contribution >= 4 is 12.4 Å². The van der Waals surface area contributed by atoms with Gasteiger partial charge in [0.05, 0.1) is 0 Å². The van der Waals surface area contributed by atoms with Crippen molar-refractivity contribution in [3.63, 3.8) is 0 Å². The van der Waals surface area contributed by atoms with Crippen LogP contribution in [0.25, 0.3) is 0 Å². The van der Waals surface area contributed by atoms with Crippen LogP contribution in [0.5, 0.6) is 0 Å². The number of unbranched alkanes of at least 4 members (excludes halogenated alkanes) is 15. The lowest BCUT2D eigenvalue weighted by Crippen LogP contribution is -2.37. The lowest BCUT2D eigenvalue weighted by Gasteiger charge is -2.33. The van der Waals surface area contributed by atoms with Gasteiger partial charge in [0.1, 0.15) is 0 Å². The van der Waals surface area contributed by atoms with Gasteiger partial charge in [-0.2, -0.15) is 0 Å². The fourth-order valence-electron chi connectivity index (χ4n) is 5.16. The Kier molecular flexibility index (Phi) is 21.6. The summed E-state index contributed by atoms with van der Waals surface area (Å²) in [5.74, 6) is 0. The number of halogens is 1. The molecule has 2 N–H and O–H groups in total. The number of rotatable bonds is 22. The van der Waals surface area contributed by atoms with Gasteiger partial charge in [0, 0.05) is 5.54 Å². The van der Waals surface area contributed by atoms with Crippen molar-refractivity contribution in [2.45, 2.75) is 161 Å². The molecular formula is C31H58ClN. The highest BCUT2D eigenvalue weighted by molar-refractivity contribution is 5.85. The van der Waals surface area contributed by atoms with E-state index in [9.17, 15) is 0 Å². The van der Waals surface area contributed by atoms with Crippen LogP contribution in [-0.4, -0.2) is 0 Å². The van der Waals surface area contributed by atoms with E-state index in [-0.39, 0.29) is 17.9 Å². The average molecular weight is 480 g/mol. The Balaban J connectivity index is 0.0000102. The first kappa shape index (κ1) is 32.5. The molecule has 0 aliphatic heterocycles. The van der Waals surface area contributed by atoms with Gasteiger partial charge in [-0.3, -0.25) is 0 Å². The van der Waals surface area contributed by atoms with E-state index in [1.54, 1.807) is 0 Å². The maximum absolute atomic E-state index is 7.27. The first-order valence-corrected chi connectivity index (χ1v) is 14.5. The third-order valence-corrected chi connectivity index (χ3v) is 7.31. The summed E-state index contributed by atoms with van der Waals surface area (Å²) in [5, 5.41) is 0. The van der Waals surface area contributed by atoms with Crippen molar-refractivity contribution < 1.29 is 0 Å². The molecule has 0 aromatic heterocycles. The molecule has 1 rings (SSSR count). The van der Waals surface area contributed by atoms with Crippen LogP contribution in [0, 0.1) is 0 Å². The Labute approximate surface area is 214 Å². The Morgan fingerprint density at radius 2 is 0.939 bits per heavy atom. The van der Waals surface area contributed by atoms with Crippen molar-refractivity contribution in [2.75, 3.05) is 0 Å². The van der Waals surface area contributed by atoms with Crippen LogP contribution in [0.2, 0.25) is 0 Å². The van der Waals surface area contributed by atoms with E-state index in [0.717, 1.165) is 12.8 Å². The fraction of sp³-hybridized carbons (Fsp3) is 0.806. The molecule has 1 aromatic carbocycles. The van der Waals surface area contributed by atoms with Crippen molar-refractivity contribution in [2.24, 2.45) is 5.73 Å². The fourth-order valence-corrected chi connectivity index (χ4v) is 5.16. The highest BCUT2D eigenvalue weighted by Crippen LogP contribution is 2.34. The third-order valence-electron chi connectivity index (χ3n) is 7.31. The molecule has 0 fully saturated rings. The van der Waals surface area contributed by atoms with Crippen molar-refractivity contribution in [3.8, 4) is 0 Å². The summed E-state index contributed by atoms with van der Waals surface area (Å²) < 4.78 is 0. The molecule has 2 heteroatoms. The molecule has 0 unspecified atom stereocenters. The minimum Gasteiger partial charge on any atom is -0.321 e. The predicted octanol–water partition coefficient (Wildman–Crippen LogP) is 10.7. The van der Waals surface area contributed by atoms with Crippen LogP contribution in [-0.2, 0) is 12.0 Å². The summed E-state index contributed by atoms with van der Waals surface area (Å²) in [6.07, 6.45) is 27.9. The van der Waals surface area contributed by atoms with Gasteiger partial charge in [0.2, 0.25) is 0 Å². The SMILES string of the molecule is CCCCCCCCc1ccccc1C(N)(CCCCCCCC)CCCCCCCC.Cl. The molecule has 0 radical (unpaired) electrons. The van der Waals surface area contributed by atoms with Crippen LogP contribution in [0.15, 0.2) is 24.3 Å². The standard InChI is InChI=1S/C31H57N.ClH/c1-4-7-10-13-16-19-24-29-25-20-21-26-30(29)31(32,27-22-17-14-11-8-5-2)28-23-18-15-12-9-6-3;/h20-21,25-26H,4-19,22-24,27-28,32H2,1-3H3;1H. The molecule has 194 valence electrons. The number of benzene rings is 1. The maximum Gasteiger partial charge on any atom is 0.0412 e. The minimum absolute atomic E-state index is 0. The molecule has 0 aliphatic carbocycles. The van der Waals surface area contributed by atoms with Gasteiger partial charge < -0.3 is 5.73 Å². The van der Waals surface area contributed by atoms with Crippen molar-refractivity contribution in [3.05, 3.63) is 35.4 Å². The van der Waals surface area contributed by atoms with E-state index >= 15 is 0 Å². The zero-order chi connectivity index (χ0) is 23.3. The van der Waals surface area contributed by atoms with E-state index in [2.05, 4.69) is 45.0 Å². The van der Waals surface area contributed by atoms with Crippen molar-refractivity contribution in [1.29, 1.82) is 0 Å². The van der Waals surface area contributed by atoms with Crippen molar-refractivity contribution in [1.82, 2.24) is 0 Å². The molecule has 1 aromatic rings. The van der Waals surface area contributed by atoms with Crippen LogP contribution < -0.4 is 5.73 Å². The monoisotopic (exact) mass is 479 g/mol. The summed E-state index contributed by atoms with van der Waals surface area (Å²) in [6.45, 7) is 6.89. The Morgan fingerprint density at radius 1 is 0.545 bits per heavy atom. The van der Waals surface area contributed by atoms with E-state index in [1.807, 2.05) is 0 Å². The first-order valence-electron chi connectivity index (χ1n) is 14.5. The first-order chi connectivity index (χ1) is 15.7. The largest absolute Gasteiger partial charge is 0.321 e. The number of hydrogen-bond acceptors (Lipinski definition) is 1. The Morgan fingerprint density at radius 3 is 1.42 bits per heavy atom. The van der Waals surface area contributed by atoms with Crippen LogP contribution in [0.4, 0.5) is 0 Å². The molecule has 0 spiro atoms. The number of nitrogens with two attached hydrogens (primary N) is 1. The van der Waals surface area contributed by atoms with Gasteiger partial charge in [-0.1, -0.05) is 154 Å². The number of hydrogen-bond donors (Lipinski definition) is 1. The summed E-state index contributed by atoms with van der Waals surface area (Å²) in [5.41, 5.74) is 10.1. The van der Waals surface area contributed by atoms with Gasteiger partial charge in [0.25, 0.3) is 0 Å². The van der Waals surface area contributed by atoms with Crippen LogP contribution in [0.1, 0.15) is 160 Å². The average Bonchev–Trinajstić information content (AvgIpc) is 2.81. The van der Waals surface area contributed by atoms with Gasteiger partial charge in [-0.05, 0) is 36.8 Å². The van der Waals surface area contributed by atoms with Gasteiger partial charge in [0.15, 0.2) is 0 Å². The molecule has 33 heavy (non-hydrogen) atoms. The van der Waals surface area contributed by atoms with E-state index in [0.29, 0.717) is 0 Å². The van der Waals surface area contributed by atoms with E-state index in [1.165, 1.54) is 133 Å². The molecule has 0 bridgehead atoms. The molecule has 0 saturated heterocycles. The van der Waals surface area contributed by atoms with Crippen LogP contribution >= 0.6 is 12.4 Å². The summed E-state index contributed by atoms with van der Waals surface area (Å²) in [4.78, 5) is 0. The quantitative estimate of drug-likeness (QED) is 0.164. The highest BCUT2D eigenvalue weighted by atomic mass is 35.5. The lowest BCUT2D eigenvalue weighted by molar-refractivity contribution is 0.340. The van der Waals surface area contributed by atoms with E-state index < -0.39 is 0 Å². The summed E-state index contributed by atoms with van der Waals surface area (Å²) in [6, 6.07) is 9.18. The molecule has 0 amide bonds. The maximum atomic E-state index is 7.27. The normalized spacial score (nSPS) is 11.5. The smallest absolute Gasteiger partial charge is 0.0412 e. The number of aryl methyl sites for hydroxylation is 1. The highest BCUT2D eigenvalue weighted by Gasteiger charge is 2.28. The Bertz CT molecular complexity index is 525. The Hall–Kier alpha value is -0.530. The van der Waals surface area contributed by atoms with Gasteiger partial charge in [-0.25, -0.2) is 0 Å². The predicted molar refractivity (Wildman–Crippen MR) is 153 cm³/mol. The van der Waals surface area contributed by atoms with Gasteiger partial charge >= 0.3 is 0 Å². The molecule has 0 atom stereocenters. The van der Waals surface area contributed by atoms with E-state index in [4.69, 9.17) is 5.73 Å². The second-order valence-corrected chi connectivity index (χ2v) is 10.4. The van der Waals surface area contributed by atoms with Gasteiger partial charge in [-0.15, -0.1) is 12.4 Å². The minimum atomic E-state index is -0.131. The zero-order valence-corrected chi connectivity index (χ0v) is 23.5. The third kappa shape index (κ3) is 15.2. The molecule has 0 aliphatic rings. The summed E-state index contributed by atoms with van der Waals surface area (Å²) >= 11 is 0. The second-order valence-electron chi connectivity index (χ2n) is 10.4. The molecule has 0 saturated carbocycles. The molecule has 0 heterocycles. The lowest BCUT2D eigenvalue weighted by atomic mass is 9.78. The topological polar surface area (TPSA) is 26.0 Å². The molecule has 1 nitrogen and oxygen atoms in total. The van der Waals surface area contributed by atoms with Crippen LogP contribution in [0.3, 0.4) is 0 Å². The molecular weight excluding hydrogens is 422 g/mol.